The zero-order valence-electron chi connectivity index (χ0n) is 15.9. The molecule has 0 aromatic carbocycles. The molecule has 0 fully saturated rings. The van der Waals surface area contributed by atoms with Crippen LogP contribution >= 0.6 is 0 Å². The highest BCUT2D eigenvalue weighted by Crippen LogP contribution is 2.19. The van der Waals surface area contributed by atoms with Gasteiger partial charge < -0.3 is 10.3 Å². The molecule has 7 nitrogen and oxygen atoms in total. The van der Waals surface area contributed by atoms with Crippen molar-refractivity contribution in [1.82, 2.24) is 25.1 Å². The summed E-state index contributed by atoms with van der Waals surface area (Å²) in [6.07, 6.45) is 1.00. The Labute approximate surface area is 147 Å². The standard InChI is InChI=1S/C18H27N5O2/c1-7-8-23-12(3)13(11(2)22-23)10-19-16(24)14-9-15(18(4,5)6)21-17(25)20-14/h9H,7-8,10H2,1-6H3,(H,19,24)(H,20,21,25). The van der Waals surface area contributed by atoms with Crippen molar-refractivity contribution in [2.45, 2.75) is 66.5 Å². The maximum atomic E-state index is 12.5. The number of carbonyl (C=O) groups excluding carboxylic acids is 1. The number of aryl methyl sites for hydroxylation is 2. The summed E-state index contributed by atoms with van der Waals surface area (Å²) in [6.45, 7) is 13.1. The number of aromatic nitrogens is 4. The minimum absolute atomic E-state index is 0.130. The van der Waals surface area contributed by atoms with Crippen LogP contribution in [0.4, 0.5) is 0 Å². The Hall–Kier alpha value is -2.44. The summed E-state index contributed by atoms with van der Waals surface area (Å²) in [5.41, 5.74) is 2.98. The lowest BCUT2D eigenvalue weighted by Gasteiger charge is -2.18. The Balaban J connectivity index is 2.19. The molecule has 0 atom stereocenters. The van der Waals surface area contributed by atoms with E-state index in [9.17, 15) is 9.59 Å². The van der Waals surface area contributed by atoms with Crippen LogP contribution in [0, 0.1) is 13.8 Å². The molecule has 2 N–H and O–H groups in total. The average molecular weight is 345 g/mol. The Morgan fingerprint density at radius 1 is 1.32 bits per heavy atom. The quantitative estimate of drug-likeness (QED) is 0.869. The van der Waals surface area contributed by atoms with E-state index in [1.54, 1.807) is 6.07 Å². The second kappa shape index (κ2) is 7.21. The fourth-order valence-electron chi connectivity index (χ4n) is 2.66. The van der Waals surface area contributed by atoms with Gasteiger partial charge in [-0.15, -0.1) is 0 Å². The molecule has 0 spiro atoms. The van der Waals surface area contributed by atoms with Crippen molar-refractivity contribution in [3.8, 4) is 0 Å². The number of H-pyrrole nitrogens is 1. The molecule has 136 valence electrons. The summed E-state index contributed by atoms with van der Waals surface area (Å²) in [6, 6.07) is 1.64. The van der Waals surface area contributed by atoms with Gasteiger partial charge in [0.1, 0.15) is 5.69 Å². The van der Waals surface area contributed by atoms with Crippen molar-refractivity contribution in [2.24, 2.45) is 0 Å². The molecule has 1 amide bonds. The number of aromatic amines is 1. The van der Waals surface area contributed by atoms with Crippen LogP contribution in [0.25, 0.3) is 0 Å². The van der Waals surface area contributed by atoms with E-state index in [4.69, 9.17) is 0 Å². The molecule has 0 bridgehead atoms. The van der Waals surface area contributed by atoms with Gasteiger partial charge >= 0.3 is 5.69 Å². The molecule has 0 aliphatic carbocycles. The third-order valence-corrected chi connectivity index (χ3v) is 4.18. The minimum atomic E-state index is -0.513. The van der Waals surface area contributed by atoms with Gasteiger partial charge in [-0.3, -0.25) is 9.48 Å². The molecule has 2 aromatic heterocycles. The molecule has 7 heteroatoms. The van der Waals surface area contributed by atoms with Crippen molar-refractivity contribution in [1.29, 1.82) is 0 Å². The first-order valence-electron chi connectivity index (χ1n) is 8.56. The van der Waals surface area contributed by atoms with Crippen LogP contribution < -0.4 is 11.0 Å². The molecule has 0 unspecified atom stereocenters. The molecule has 25 heavy (non-hydrogen) atoms. The molecular formula is C18H27N5O2. The van der Waals surface area contributed by atoms with Gasteiger partial charge in [-0.2, -0.15) is 10.1 Å². The lowest BCUT2D eigenvalue weighted by molar-refractivity contribution is 0.0945. The number of hydrogen-bond donors (Lipinski definition) is 2. The van der Waals surface area contributed by atoms with E-state index in [-0.39, 0.29) is 17.0 Å². The normalized spacial score (nSPS) is 11.6. The van der Waals surface area contributed by atoms with Crippen LogP contribution in [0.1, 0.15) is 67.2 Å². The Morgan fingerprint density at radius 3 is 2.60 bits per heavy atom. The number of amides is 1. The van der Waals surface area contributed by atoms with Crippen LogP contribution in [0.3, 0.4) is 0 Å². The van der Waals surface area contributed by atoms with Crippen LogP contribution in [0.15, 0.2) is 10.9 Å². The monoisotopic (exact) mass is 345 g/mol. The van der Waals surface area contributed by atoms with Crippen LogP contribution in [0.2, 0.25) is 0 Å². The number of nitrogens with zero attached hydrogens (tertiary/aromatic N) is 3. The summed E-state index contributed by atoms with van der Waals surface area (Å²) >= 11 is 0. The number of carbonyl (C=O) groups is 1. The summed E-state index contributed by atoms with van der Waals surface area (Å²) < 4.78 is 1.96. The minimum Gasteiger partial charge on any atom is -0.346 e. The molecule has 0 aliphatic rings. The lowest BCUT2D eigenvalue weighted by atomic mass is 9.91. The number of hydrogen-bond acceptors (Lipinski definition) is 4. The van der Waals surface area contributed by atoms with Gasteiger partial charge in [-0.05, 0) is 26.3 Å². The first-order valence-corrected chi connectivity index (χ1v) is 8.56. The van der Waals surface area contributed by atoms with E-state index >= 15 is 0 Å². The lowest BCUT2D eigenvalue weighted by Crippen LogP contribution is -2.29. The maximum Gasteiger partial charge on any atom is 0.345 e. The Morgan fingerprint density at radius 2 is 2.00 bits per heavy atom. The van der Waals surface area contributed by atoms with E-state index < -0.39 is 5.69 Å². The van der Waals surface area contributed by atoms with Crippen LogP contribution in [0.5, 0.6) is 0 Å². The fourth-order valence-corrected chi connectivity index (χ4v) is 2.66. The average Bonchev–Trinajstić information content (AvgIpc) is 2.78. The maximum absolute atomic E-state index is 12.5. The predicted octanol–water partition coefficient (Wildman–Crippen LogP) is 2.22. The van der Waals surface area contributed by atoms with Gasteiger partial charge in [-0.25, -0.2) is 4.79 Å². The highest BCUT2D eigenvalue weighted by molar-refractivity contribution is 5.92. The largest absolute Gasteiger partial charge is 0.346 e. The first-order chi connectivity index (χ1) is 11.6. The summed E-state index contributed by atoms with van der Waals surface area (Å²) in [7, 11) is 0. The van der Waals surface area contributed by atoms with Crippen LogP contribution in [-0.2, 0) is 18.5 Å². The second-order valence-corrected chi connectivity index (χ2v) is 7.29. The molecule has 2 heterocycles. The van der Waals surface area contributed by atoms with E-state index in [0.29, 0.717) is 12.2 Å². The SMILES string of the molecule is CCCn1nc(C)c(CNC(=O)c2cc(C(C)(C)C)[nH]c(=O)n2)c1C. The summed E-state index contributed by atoms with van der Waals surface area (Å²) in [5, 5.41) is 7.36. The first kappa shape index (κ1) is 18.9. The smallest absolute Gasteiger partial charge is 0.345 e. The van der Waals surface area contributed by atoms with E-state index in [2.05, 4.69) is 27.3 Å². The Bertz CT molecular complexity index is 827. The molecule has 2 rings (SSSR count). The van der Waals surface area contributed by atoms with Crippen molar-refractivity contribution in [2.75, 3.05) is 0 Å². The number of nitrogens with one attached hydrogen (secondary N) is 2. The van der Waals surface area contributed by atoms with E-state index in [1.165, 1.54) is 0 Å². The predicted molar refractivity (Wildman–Crippen MR) is 96.7 cm³/mol. The summed E-state index contributed by atoms with van der Waals surface area (Å²) in [5.74, 6) is -0.362. The summed E-state index contributed by atoms with van der Waals surface area (Å²) in [4.78, 5) is 30.7. The highest BCUT2D eigenvalue weighted by atomic mass is 16.2. The molecule has 0 aliphatic heterocycles. The zero-order chi connectivity index (χ0) is 18.8. The van der Waals surface area contributed by atoms with Crippen LogP contribution in [-0.4, -0.2) is 25.7 Å². The highest BCUT2D eigenvalue weighted by Gasteiger charge is 2.19. The third kappa shape index (κ3) is 4.35. The molecule has 0 saturated carbocycles. The van der Waals surface area contributed by atoms with Gasteiger partial charge in [0.2, 0.25) is 0 Å². The third-order valence-electron chi connectivity index (χ3n) is 4.18. The molecule has 2 aromatic rings. The molecular weight excluding hydrogens is 318 g/mol. The van der Waals surface area contributed by atoms with Gasteiger partial charge in [0.05, 0.1) is 5.69 Å². The zero-order valence-corrected chi connectivity index (χ0v) is 15.9. The van der Waals surface area contributed by atoms with Gasteiger partial charge in [0.25, 0.3) is 5.91 Å². The van der Waals surface area contributed by atoms with Gasteiger partial charge in [-0.1, -0.05) is 27.7 Å². The van der Waals surface area contributed by atoms with Crippen molar-refractivity contribution >= 4 is 5.91 Å². The van der Waals surface area contributed by atoms with Crippen molar-refractivity contribution in [3.63, 3.8) is 0 Å². The topological polar surface area (TPSA) is 92.7 Å². The van der Waals surface area contributed by atoms with E-state index in [1.807, 2.05) is 39.3 Å². The number of rotatable bonds is 5. The molecule has 0 saturated heterocycles. The van der Waals surface area contributed by atoms with Gasteiger partial charge in [0, 0.05) is 35.5 Å². The van der Waals surface area contributed by atoms with Crippen molar-refractivity contribution in [3.05, 3.63) is 44.9 Å². The Kier molecular flexibility index (Phi) is 5.45. The van der Waals surface area contributed by atoms with Crippen molar-refractivity contribution < 1.29 is 4.79 Å². The molecule has 0 radical (unpaired) electrons. The van der Waals surface area contributed by atoms with E-state index in [0.717, 1.165) is 29.9 Å². The van der Waals surface area contributed by atoms with Gasteiger partial charge in [0.15, 0.2) is 0 Å². The fraction of sp³-hybridized carbons (Fsp3) is 0.556. The second-order valence-electron chi connectivity index (χ2n) is 7.29.